The number of halogens is 1. The second-order valence-electron chi connectivity index (χ2n) is 6.24. The molecule has 0 saturated carbocycles. The number of nitrogens with one attached hydrogen (secondary N) is 1. The first-order chi connectivity index (χ1) is 9.87. The van der Waals surface area contributed by atoms with Gasteiger partial charge in [-0.15, -0.1) is 11.3 Å². The molecule has 0 atom stereocenters. The molecule has 0 unspecified atom stereocenters. The van der Waals surface area contributed by atoms with Crippen molar-refractivity contribution in [3.05, 3.63) is 49.9 Å². The highest BCUT2D eigenvalue weighted by Gasteiger charge is 2.14. The van der Waals surface area contributed by atoms with E-state index >= 15 is 0 Å². The molecule has 4 heteroatoms. The largest absolute Gasteiger partial charge is 0.307 e. The number of hydrogen-bond acceptors (Lipinski definition) is 3. The summed E-state index contributed by atoms with van der Waals surface area (Å²) in [5, 5.41) is 4.77. The molecular weight excluding hydrogens is 344 g/mol. The lowest BCUT2D eigenvalue weighted by Crippen LogP contribution is -2.35. The Morgan fingerprint density at radius 1 is 1.29 bits per heavy atom. The Labute approximate surface area is 140 Å². The molecule has 2 rings (SSSR count). The summed E-state index contributed by atoms with van der Waals surface area (Å²) in [6, 6.07) is 8.46. The predicted octanol–water partition coefficient (Wildman–Crippen LogP) is 4.95. The Hall–Kier alpha value is -0.710. The standard InChI is InChI=1S/C17H23BrN2S/c1-5-14-15(11-19-17(2,3)4)21-16(20-14)10-12-7-6-8-13(18)9-12/h6-9,19H,5,10-11H2,1-4H3. The van der Waals surface area contributed by atoms with Crippen LogP contribution in [0.3, 0.4) is 0 Å². The Morgan fingerprint density at radius 3 is 2.67 bits per heavy atom. The first-order valence-electron chi connectivity index (χ1n) is 7.34. The number of hydrogen-bond donors (Lipinski definition) is 1. The summed E-state index contributed by atoms with van der Waals surface area (Å²) >= 11 is 5.37. The van der Waals surface area contributed by atoms with Crippen LogP contribution < -0.4 is 5.32 Å². The molecule has 0 amide bonds. The first-order valence-corrected chi connectivity index (χ1v) is 8.95. The molecule has 1 aromatic carbocycles. The summed E-state index contributed by atoms with van der Waals surface area (Å²) in [6.07, 6.45) is 1.91. The van der Waals surface area contributed by atoms with Gasteiger partial charge in [-0.05, 0) is 44.9 Å². The van der Waals surface area contributed by atoms with Gasteiger partial charge < -0.3 is 5.32 Å². The van der Waals surface area contributed by atoms with Crippen molar-refractivity contribution in [1.29, 1.82) is 0 Å². The smallest absolute Gasteiger partial charge is 0.0975 e. The van der Waals surface area contributed by atoms with E-state index in [0.717, 1.165) is 23.9 Å². The molecule has 2 aromatic rings. The predicted molar refractivity (Wildman–Crippen MR) is 95.0 cm³/mol. The number of nitrogens with zero attached hydrogens (tertiary/aromatic N) is 1. The molecule has 0 saturated heterocycles. The summed E-state index contributed by atoms with van der Waals surface area (Å²) in [6.45, 7) is 9.67. The van der Waals surface area contributed by atoms with Crippen LogP contribution in [0.15, 0.2) is 28.7 Å². The summed E-state index contributed by atoms with van der Waals surface area (Å²) in [5.74, 6) is 0. The van der Waals surface area contributed by atoms with E-state index in [1.165, 1.54) is 21.1 Å². The van der Waals surface area contributed by atoms with Gasteiger partial charge in [-0.2, -0.15) is 0 Å². The SMILES string of the molecule is CCc1nc(Cc2cccc(Br)c2)sc1CNC(C)(C)C. The van der Waals surface area contributed by atoms with Crippen molar-refractivity contribution < 1.29 is 0 Å². The van der Waals surface area contributed by atoms with Crippen molar-refractivity contribution in [3.63, 3.8) is 0 Å². The summed E-state index contributed by atoms with van der Waals surface area (Å²) in [7, 11) is 0. The van der Waals surface area contributed by atoms with E-state index in [4.69, 9.17) is 4.98 Å². The monoisotopic (exact) mass is 366 g/mol. The van der Waals surface area contributed by atoms with Crippen LogP contribution in [-0.2, 0) is 19.4 Å². The van der Waals surface area contributed by atoms with Crippen molar-refractivity contribution in [3.8, 4) is 0 Å². The Bertz CT molecular complexity index is 599. The van der Waals surface area contributed by atoms with E-state index in [2.05, 4.69) is 73.2 Å². The molecule has 21 heavy (non-hydrogen) atoms. The Morgan fingerprint density at radius 2 is 2.05 bits per heavy atom. The third kappa shape index (κ3) is 5.20. The van der Waals surface area contributed by atoms with Crippen LogP contribution in [0.5, 0.6) is 0 Å². The molecule has 0 fully saturated rings. The van der Waals surface area contributed by atoms with Gasteiger partial charge in [0.05, 0.1) is 10.7 Å². The molecule has 114 valence electrons. The van der Waals surface area contributed by atoms with Gasteiger partial charge in [-0.3, -0.25) is 0 Å². The Balaban J connectivity index is 2.12. The van der Waals surface area contributed by atoms with Crippen molar-refractivity contribution in [2.45, 2.75) is 52.6 Å². The first kappa shape index (κ1) is 16.7. The van der Waals surface area contributed by atoms with E-state index in [0.29, 0.717) is 0 Å². The van der Waals surface area contributed by atoms with Crippen LogP contribution in [0.2, 0.25) is 0 Å². The zero-order valence-corrected chi connectivity index (χ0v) is 15.6. The molecule has 0 spiro atoms. The average Bonchev–Trinajstić information content (AvgIpc) is 2.78. The third-order valence-corrected chi connectivity index (χ3v) is 4.77. The average molecular weight is 367 g/mol. The van der Waals surface area contributed by atoms with Crippen LogP contribution >= 0.6 is 27.3 Å². The third-order valence-electron chi connectivity index (χ3n) is 3.18. The minimum atomic E-state index is 0.138. The maximum Gasteiger partial charge on any atom is 0.0975 e. The molecule has 0 bridgehead atoms. The molecule has 0 aliphatic carbocycles. The van der Waals surface area contributed by atoms with Gasteiger partial charge in [-0.1, -0.05) is 35.0 Å². The van der Waals surface area contributed by atoms with Crippen molar-refractivity contribution >= 4 is 27.3 Å². The normalized spacial score (nSPS) is 11.9. The summed E-state index contributed by atoms with van der Waals surface area (Å²) in [5.41, 5.74) is 2.68. The van der Waals surface area contributed by atoms with E-state index < -0.39 is 0 Å². The second-order valence-corrected chi connectivity index (χ2v) is 8.33. The van der Waals surface area contributed by atoms with E-state index in [1.807, 2.05) is 11.3 Å². The van der Waals surface area contributed by atoms with Gasteiger partial charge in [-0.25, -0.2) is 4.98 Å². The van der Waals surface area contributed by atoms with Gasteiger partial charge in [0, 0.05) is 27.9 Å². The van der Waals surface area contributed by atoms with Crippen LogP contribution in [-0.4, -0.2) is 10.5 Å². The fourth-order valence-corrected chi connectivity index (χ4v) is 3.67. The van der Waals surface area contributed by atoms with E-state index in [1.54, 1.807) is 0 Å². The van der Waals surface area contributed by atoms with E-state index in [-0.39, 0.29) is 5.54 Å². The van der Waals surface area contributed by atoms with Crippen LogP contribution in [0.25, 0.3) is 0 Å². The summed E-state index contributed by atoms with van der Waals surface area (Å²) < 4.78 is 1.13. The van der Waals surface area contributed by atoms with Crippen molar-refractivity contribution in [2.24, 2.45) is 0 Å². The Kier molecular flexibility index (Phi) is 5.58. The van der Waals surface area contributed by atoms with Gasteiger partial charge >= 0.3 is 0 Å². The van der Waals surface area contributed by atoms with E-state index in [9.17, 15) is 0 Å². The van der Waals surface area contributed by atoms with Gasteiger partial charge in [0.15, 0.2) is 0 Å². The maximum atomic E-state index is 4.82. The number of benzene rings is 1. The molecule has 1 N–H and O–H groups in total. The number of aromatic nitrogens is 1. The summed E-state index contributed by atoms with van der Waals surface area (Å²) in [4.78, 5) is 6.19. The second kappa shape index (κ2) is 7.03. The molecule has 0 aliphatic heterocycles. The van der Waals surface area contributed by atoms with Gasteiger partial charge in [0.1, 0.15) is 0 Å². The van der Waals surface area contributed by atoms with Gasteiger partial charge in [0.2, 0.25) is 0 Å². The van der Waals surface area contributed by atoms with Crippen LogP contribution in [0.1, 0.15) is 48.8 Å². The fourth-order valence-electron chi connectivity index (χ4n) is 2.09. The maximum absolute atomic E-state index is 4.82. The lowest BCUT2D eigenvalue weighted by atomic mass is 10.1. The molecule has 1 heterocycles. The van der Waals surface area contributed by atoms with Crippen molar-refractivity contribution in [2.75, 3.05) is 0 Å². The number of rotatable bonds is 5. The van der Waals surface area contributed by atoms with Crippen LogP contribution in [0, 0.1) is 0 Å². The highest BCUT2D eigenvalue weighted by atomic mass is 79.9. The quantitative estimate of drug-likeness (QED) is 0.809. The molecule has 2 nitrogen and oxygen atoms in total. The van der Waals surface area contributed by atoms with Gasteiger partial charge in [0.25, 0.3) is 0 Å². The lowest BCUT2D eigenvalue weighted by Gasteiger charge is -2.20. The minimum absolute atomic E-state index is 0.138. The zero-order valence-electron chi connectivity index (χ0n) is 13.2. The minimum Gasteiger partial charge on any atom is -0.307 e. The fraction of sp³-hybridized carbons (Fsp3) is 0.471. The highest BCUT2D eigenvalue weighted by molar-refractivity contribution is 9.10. The topological polar surface area (TPSA) is 24.9 Å². The highest BCUT2D eigenvalue weighted by Crippen LogP contribution is 2.23. The van der Waals surface area contributed by atoms with Crippen LogP contribution in [0.4, 0.5) is 0 Å². The lowest BCUT2D eigenvalue weighted by molar-refractivity contribution is 0.425. The molecule has 0 radical (unpaired) electrons. The zero-order chi connectivity index (χ0) is 15.5. The molecular formula is C17H23BrN2S. The molecule has 0 aliphatic rings. The molecule has 1 aromatic heterocycles. The number of thiazole rings is 1. The van der Waals surface area contributed by atoms with Crippen molar-refractivity contribution in [1.82, 2.24) is 10.3 Å². The number of aryl methyl sites for hydroxylation is 1.